The summed E-state index contributed by atoms with van der Waals surface area (Å²) in [5.41, 5.74) is 0.832. The third-order valence-corrected chi connectivity index (χ3v) is 3.02. The predicted molar refractivity (Wildman–Crippen MR) is 76.2 cm³/mol. The molecule has 1 atom stereocenters. The molecule has 0 aromatic heterocycles. The van der Waals surface area contributed by atoms with Crippen molar-refractivity contribution < 1.29 is 13.7 Å². The molecular formula is C15H14F2N2O2. The summed E-state index contributed by atoms with van der Waals surface area (Å²) in [5.74, 6) is -0.976. The molecule has 4 nitrogen and oxygen atoms in total. The first-order valence-electron chi connectivity index (χ1n) is 6.40. The molecule has 0 saturated heterocycles. The number of nitro groups is 1. The Morgan fingerprint density at radius 3 is 2.43 bits per heavy atom. The van der Waals surface area contributed by atoms with Crippen molar-refractivity contribution in [1.82, 2.24) is 0 Å². The highest BCUT2D eigenvalue weighted by molar-refractivity contribution is 5.50. The van der Waals surface area contributed by atoms with E-state index in [9.17, 15) is 18.9 Å². The van der Waals surface area contributed by atoms with Gasteiger partial charge in [0.05, 0.1) is 16.7 Å². The molecule has 0 heterocycles. The number of non-ortho nitro benzene ring substituents is 1. The second kappa shape index (κ2) is 6.30. The summed E-state index contributed by atoms with van der Waals surface area (Å²) in [7, 11) is 0. The lowest BCUT2D eigenvalue weighted by Gasteiger charge is -2.15. The van der Waals surface area contributed by atoms with Crippen LogP contribution in [0.15, 0.2) is 42.5 Å². The summed E-state index contributed by atoms with van der Waals surface area (Å²) in [4.78, 5) is 9.90. The summed E-state index contributed by atoms with van der Waals surface area (Å²) in [6.07, 6.45) is 0.580. The number of nitrogens with one attached hydrogen (secondary N) is 1. The van der Waals surface area contributed by atoms with Crippen molar-refractivity contribution in [2.75, 3.05) is 5.32 Å². The molecule has 6 heteroatoms. The van der Waals surface area contributed by atoms with E-state index in [0.717, 1.165) is 11.6 Å². The normalized spacial score (nSPS) is 12.0. The Morgan fingerprint density at radius 2 is 1.86 bits per heavy atom. The van der Waals surface area contributed by atoms with Crippen LogP contribution in [0.2, 0.25) is 0 Å². The van der Waals surface area contributed by atoms with Crippen LogP contribution in [0.1, 0.15) is 12.5 Å². The van der Waals surface area contributed by atoms with Crippen molar-refractivity contribution in [1.29, 1.82) is 0 Å². The van der Waals surface area contributed by atoms with Gasteiger partial charge in [0.1, 0.15) is 5.82 Å². The largest absolute Gasteiger partial charge is 0.380 e. The average Bonchev–Trinajstić information content (AvgIpc) is 2.43. The van der Waals surface area contributed by atoms with E-state index in [0.29, 0.717) is 6.42 Å². The zero-order valence-electron chi connectivity index (χ0n) is 11.3. The van der Waals surface area contributed by atoms with Crippen molar-refractivity contribution in [3.05, 3.63) is 69.8 Å². The maximum atomic E-state index is 13.7. The highest BCUT2D eigenvalue weighted by atomic mass is 19.1. The van der Waals surface area contributed by atoms with Crippen LogP contribution in [-0.2, 0) is 6.42 Å². The third-order valence-electron chi connectivity index (χ3n) is 3.02. The van der Waals surface area contributed by atoms with Crippen molar-refractivity contribution in [3.63, 3.8) is 0 Å². The molecule has 1 unspecified atom stereocenters. The van der Waals surface area contributed by atoms with Crippen LogP contribution in [-0.4, -0.2) is 11.0 Å². The lowest BCUT2D eigenvalue weighted by Crippen LogP contribution is -2.18. The van der Waals surface area contributed by atoms with Crippen LogP contribution >= 0.6 is 0 Å². The first kappa shape index (κ1) is 14.9. The third kappa shape index (κ3) is 3.98. The van der Waals surface area contributed by atoms with E-state index in [1.165, 1.54) is 24.3 Å². The molecule has 2 rings (SSSR count). The Morgan fingerprint density at radius 1 is 1.19 bits per heavy atom. The number of anilines is 1. The fraction of sp³-hybridized carbons (Fsp3) is 0.200. The Kier molecular flexibility index (Phi) is 4.47. The topological polar surface area (TPSA) is 55.2 Å². The van der Waals surface area contributed by atoms with Gasteiger partial charge in [-0.05, 0) is 37.1 Å². The highest BCUT2D eigenvalue weighted by Gasteiger charge is 2.12. The van der Waals surface area contributed by atoms with Gasteiger partial charge in [0.15, 0.2) is 5.82 Å². The van der Waals surface area contributed by atoms with E-state index >= 15 is 0 Å². The van der Waals surface area contributed by atoms with Crippen molar-refractivity contribution >= 4 is 11.4 Å². The van der Waals surface area contributed by atoms with Crippen LogP contribution in [0.25, 0.3) is 0 Å². The number of nitro benzene ring substituents is 1. The molecule has 0 spiro atoms. The van der Waals surface area contributed by atoms with Crippen LogP contribution in [0, 0.1) is 21.7 Å². The Hall–Kier alpha value is -2.50. The van der Waals surface area contributed by atoms with Gasteiger partial charge in [-0.3, -0.25) is 10.1 Å². The summed E-state index contributed by atoms with van der Waals surface area (Å²) in [6.45, 7) is 1.85. The molecule has 0 bridgehead atoms. The SMILES string of the molecule is CC(Cc1ccc(F)cc1)Nc1ccc([N+](=O)[O-])cc1F. The van der Waals surface area contributed by atoms with Gasteiger partial charge in [-0.2, -0.15) is 0 Å². The van der Waals surface area contributed by atoms with Gasteiger partial charge >= 0.3 is 0 Å². The number of nitrogens with zero attached hydrogens (tertiary/aromatic N) is 1. The Bertz CT molecular complexity index is 645. The lowest BCUT2D eigenvalue weighted by atomic mass is 10.1. The molecule has 0 saturated carbocycles. The highest BCUT2D eigenvalue weighted by Crippen LogP contribution is 2.21. The second-order valence-electron chi connectivity index (χ2n) is 4.80. The molecule has 0 aliphatic heterocycles. The van der Waals surface area contributed by atoms with Gasteiger partial charge in [0.2, 0.25) is 0 Å². The second-order valence-corrected chi connectivity index (χ2v) is 4.80. The summed E-state index contributed by atoms with van der Waals surface area (Å²) >= 11 is 0. The molecule has 0 amide bonds. The standard InChI is InChI=1S/C15H14F2N2O2/c1-10(8-11-2-4-12(16)5-3-11)18-15-7-6-13(19(20)21)9-14(15)17/h2-7,9-10,18H,8H2,1H3. The molecule has 21 heavy (non-hydrogen) atoms. The Balaban J connectivity index is 2.04. The van der Waals surface area contributed by atoms with E-state index < -0.39 is 10.7 Å². The van der Waals surface area contributed by atoms with Crippen molar-refractivity contribution in [2.24, 2.45) is 0 Å². The molecule has 0 aliphatic carbocycles. The molecule has 0 fully saturated rings. The van der Waals surface area contributed by atoms with Crippen LogP contribution in [0.4, 0.5) is 20.2 Å². The van der Waals surface area contributed by atoms with Gasteiger partial charge < -0.3 is 5.32 Å². The number of hydrogen-bond donors (Lipinski definition) is 1. The van der Waals surface area contributed by atoms with Crippen LogP contribution in [0.3, 0.4) is 0 Å². The predicted octanol–water partition coefficient (Wildman–Crippen LogP) is 3.92. The molecule has 2 aromatic rings. The van der Waals surface area contributed by atoms with E-state index in [4.69, 9.17) is 0 Å². The molecule has 0 aliphatic rings. The van der Waals surface area contributed by atoms with E-state index in [1.54, 1.807) is 12.1 Å². The molecule has 0 radical (unpaired) electrons. The van der Waals surface area contributed by atoms with Gasteiger partial charge in [-0.25, -0.2) is 8.78 Å². The van der Waals surface area contributed by atoms with Gasteiger partial charge in [-0.1, -0.05) is 12.1 Å². The fourth-order valence-electron chi connectivity index (χ4n) is 2.03. The maximum absolute atomic E-state index is 13.7. The number of halogens is 2. The maximum Gasteiger partial charge on any atom is 0.272 e. The van der Waals surface area contributed by atoms with E-state index in [1.807, 2.05) is 6.92 Å². The average molecular weight is 292 g/mol. The summed E-state index contributed by atoms with van der Waals surface area (Å²) < 4.78 is 26.6. The number of benzene rings is 2. The molecule has 110 valence electrons. The quantitative estimate of drug-likeness (QED) is 0.671. The van der Waals surface area contributed by atoms with Crippen LogP contribution in [0.5, 0.6) is 0 Å². The zero-order chi connectivity index (χ0) is 15.4. The van der Waals surface area contributed by atoms with Crippen molar-refractivity contribution in [3.8, 4) is 0 Å². The van der Waals surface area contributed by atoms with Crippen LogP contribution < -0.4 is 5.32 Å². The van der Waals surface area contributed by atoms with Gasteiger partial charge in [0.25, 0.3) is 5.69 Å². The molecule has 2 aromatic carbocycles. The fourth-order valence-corrected chi connectivity index (χ4v) is 2.03. The minimum atomic E-state index is -0.671. The van der Waals surface area contributed by atoms with Gasteiger partial charge in [-0.15, -0.1) is 0 Å². The van der Waals surface area contributed by atoms with E-state index in [-0.39, 0.29) is 23.2 Å². The zero-order valence-corrected chi connectivity index (χ0v) is 11.3. The van der Waals surface area contributed by atoms with E-state index in [2.05, 4.69) is 5.32 Å². The number of hydrogen-bond acceptors (Lipinski definition) is 3. The number of rotatable bonds is 5. The summed E-state index contributed by atoms with van der Waals surface area (Å²) in [6, 6.07) is 9.44. The minimum Gasteiger partial charge on any atom is -0.380 e. The molecule has 1 N–H and O–H groups in total. The summed E-state index contributed by atoms with van der Waals surface area (Å²) in [5, 5.41) is 13.5. The first-order chi connectivity index (χ1) is 9.95. The van der Waals surface area contributed by atoms with Gasteiger partial charge in [0, 0.05) is 12.1 Å². The Labute approximate surface area is 120 Å². The smallest absolute Gasteiger partial charge is 0.272 e. The van der Waals surface area contributed by atoms with Crippen molar-refractivity contribution in [2.45, 2.75) is 19.4 Å². The molecular weight excluding hydrogens is 278 g/mol. The lowest BCUT2D eigenvalue weighted by molar-refractivity contribution is -0.385. The monoisotopic (exact) mass is 292 g/mol. The minimum absolute atomic E-state index is 0.105. The first-order valence-corrected chi connectivity index (χ1v) is 6.40.